The van der Waals surface area contributed by atoms with Gasteiger partial charge in [0, 0.05) is 19.0 Å². The summed E-state index contributed by atoms with van der Waals surface area (Å²) in [5.74, 6) is 0.0961. The van der Waals surface area contributed by atoms with E-state index in [1.54, 1.807) is 0 Å². The van der Waals surface area contributed by atoms with Gasteiger partial charge in [0.15, 0.2) is 0 Å². The van der Waals surface area contributed by atoms with Crippen molar-refractivity contribution in [3.8, 4) is 0 Å². The Balaban J connectivity index is 0.00000220. The molecule has 0 aliphatic heterocycles. The standard InChI is InChI=1S/C17H22N2O.ClH/c1-13(18)10-11-19-17(20)9-7-14-6-8-15-4-2-3-5-16(15)12-14;/h2-6,8,12-13H,7,9-11,18H2,1H3,(H,19,20);1H. The summed E-state index contributed by atoms with van der Waals surface area (Å²) in [5, 5.41) is 5.36. The smallest absolute Gasteiger partial charge is 0.220 e. The van der Waals surface area contributed by atoms with Crippen LogP contribution in [0.4, 0.5) is 0 Å². The van der Waals surface area contributed by atoms with Crippen molar-refractivity contribution in [1.29, 1.82) is 0 Å². The normalized spacial score (nSPS) is 11.7. The molecule has 3 nitrogen and oxygen atoms in total. The Morgan fingerprint density at radius 1 is 1.19 bits per heavy atom. The number of rotatable bonds is 6. The molecule has 114 valence electrons. The molecule has 1 unspecified atom stereocenters. The van der Waals surface area contributed by atoms with Crippen molar-refractivity contribution in [3.05, 3.63) is 48.0 Å². The summed E-state index contributed by atoms with van der Waals surface area (Å²) < 4.78 is 0. The van der Waals surface area contributed by atoms with E-state index in [-0.39, 0.29) is 24.4 Å². The number of nitrogens with two attached hydrogens (primary N) is 1. The molecule has 4 heteroatoms. The van der Waals surface area contributed by atoms with Gasteiger partial charge in [-0.25, -0.2) is 0 Å². The number of carbonyl (C=O) groups is 1. The van der Waals surface area contributed by atoms with Crippen molar-refractivity contribution in [1.82, 2.24) is 5.32 Å². The molecule has 2 rings (SSSR count). The fourth-order valence-electron chi connectivity index (χ4n) is 2.18. The van der Waals surface area contributed by atoms with Gasteiger partial charge in [0.05, 0.1) is 0 Å². The highest BCUT2D eigenvalue weighted by Crippen LogP contribution is 2.16. The van der Waals surface area contributed by atoms with Gasteiger partial charge in [-0.3, -0.25) is 4.79 Å². The minimum absolute atomic E-state index is 0. The van der Waals surface area contributed by atoms with Gasteiger partial charge in [-0.15, -0.1) is 12.4 Å². The summed E-state index contributed by atoms with van der Waals surface area (Å²) in [5.41, 5.74) is 6.85. The van der Waals surface area contributed by atoms with E-state index >= 15 is 0 Å². The lowest BCUT2D eigenvalue weighted by Crippen LogP contribution is -2.29. The molecule has 0 saturated heterocycles. The number of amides is 1. The molecular formula is C17H23ClN2O. The van der Waals surface area contributed by atoms with Crippen molar-refractivity contribution in [2.24, 2.45) is 5.73 Å². The maximum absolute atomic E-state index is 11.7. The van der Waals surface area contributed by atoms with Gasteiger partial charge in [0.1, 0.15) is 0 Å². The van der Waals surface area contributed by atoms with Crippen LogP contribution in [0.2, 0.25) is 0 Å². The predicted molar refractivity (Wildman–Crippen MR) is 90.8 cm³/mol. The van der Waals surface area contributed by atoms with Crippen LogP contribution < -0.4 is 11.1 Å². The molecule has 0 aliphatic carbocycles. The van der Waals surface area contributed by atoms with Gasteiger partial charge in [-0.2, -0.15) is 0 Å². The Morgan fingerprint density at radius 2 is 1.90 bits per heavy atom. The minimum atomic E-state index is 0. The Labute approximate surface area is 132 Å². The first kappa shape index (κ1) is 17.5. The van der Waals surface area contributed by atoms with Gasteiger partial charge < -0.3 is 11.1 Å². The van der Waals surface area contributed by atoms with E-state index < -0.39 is 0 Å². The van der Waals surface area contributed by atoms with Crippen molar-refractivity contribution in [2.45, 2.75) is 32.2 Å². The predicted octanol–water partition coefficient (Wildman–Crippen LogP) is 3.05. The number of fused-ring (bicyclic) bond motifs is 1. The lowest BCUT2D eigenvalue weighted by Gasteiger charge is -2.07. The number of halogens is 1. The van der Waals surface area contributed by atoms with E-state index in [1.165, 1.54) is 16.3 Å². The molecule has 2 aromatic rings. The fourth-order valence-corrected chi connectivity index (χ4v) is 2.18. The van der Waals surface area contributed by atoms with E-state index in [2.05, 4.69) is 35.6 Å². The number of hydrogen-bond donors (Lipinski definition) is 2. The zero-order valence-electron chi connectivity index (χ0n) is 12.3. The largest absolute Gasteiger partial charge is 0.356 e. The maximum atomic E-state index is 11.7. The molecule has 2 aromatic carbocycles. The Morgan fingerprint density at radius 3 is 2.62 bits per heavy atom. The van der Waals surface area contributed by atoms with Crippen molar-refractivity contribution >= 4 is 29.1 Å². The number of hydrogen-bond acceptors (Lipinski definition) is 2. The highest BCUT2D eigenvalue weighted by atomic mass is 35.5. The van der Waals surface area contributed by atoms with Crippen LogP contribution in [-0.2, 0) is 11.2 Å². The number of carbonyl (C=O) groups excluding carboxylic acids is 1. The first-order valence-electron chi connectivity index (χ1n) is 7.15. The lowest BCUT2D eigenvalue weighted by atomic mass is 10.0. The summed E-state index contributed by atoms with van der Waals surface area (Å²) in [4.78, 5) is 11.7. The Hall–Kier alpha value is -1.58. The molecule has 1 atom stereocenters. The minimum Gasteiger partial charge on any atom is -0.356 e. The van der Waals surface area contributed by atoms with Crippen molar-refractivity contribution in [2.75, 3.05) is 6.54 Å². The molecule has 0 aliphatic rings. The first-order chi connectivity index (χ1) is 9.65. The summed E-state index contributed by atoms with van der Waals surface area (Å²) in [6.45, 7) is 2.61. The van der Waals surface area contributed by atoms with Gasteiger partial charge in [0.2, 0.25) is 5.91 Å². The van der Waals surface area contributed by atoms with Crippen LogP contribution in [0.1, 0.15) is 25.3 Å². The van der Waals surface area contributed by atoms with Crippen LogP contribution in [0.5, 0.6) is 0 Å². The van der Waals surface area contributed by atoms with E-state index in [1.807, 2.05) is 19.1 Å². The second-order valence-electron chi connectivity index (χ2n) is 5.30. The van der Waals surface area contributed by atoms with Gasteiger partial charge in [-0.05, 0) is 36.1 Å². The summed E-state index contributed by atoms with van der Waals surface area (Å²) in [6.07, 6.45) is 2.12. The Bertz CT molecular complexity index is 584. The maximum Gasteiger partial charge on any atom is 0.220 e. The summed E-state index contributed by atoms with van der Waals surface area (Å²) in [7, 11) is 0. The summed E-state index contributed by atoms with van der Waals surface area (Å²) >= 11 is 0. The highest BCUT2D eigenvalue weighted by Gasteiger charge is 2.03. The SMILES string of the molecule is CC(N)CCNC(=O)CCc1ccc2ccccc2c1.Cl. The average molecular weight is 307 g/mol. The molecule has 3 N–H and O–H groups in total. The lowest BCUT2D eigenvalue weighted by molar-refractivity contribution is -0.121. The van der Waals surface area contributed by atoms with Gasteiger partial charge in [-0.1, -0.05) is 42.5 Å². The third kappa shape index (κ3) is 5.74. The van der Waals surface area contributed by atoms with Crippen LogP contribution in [0, 0.1) is 0 Å². The van der Waals surface area contributed by atoms with E-state index in [0.29, 0.717) is 13.0 Å². The first-order valence-corrected chi connectivity index (χ1v) is 7.15. The third-order valence-corrected chi connectivity index (χ3v) is 3.38. The summed E-state index contributed by atoms with van der Waals surface area (Å²) in [6, 6.07) is 14.8. The van der Waals surface area contributed by atoms with Gasteiger partial charge >= 0.3 is 0 Å². The molecule has 0 bridgehead atoms. The molecule has 0 aromatic heterocycles. The second kappa shape index (κ2) is 8.65. The molecule has 0 fully saturated rings. The van der Waals surface area contributed by atoms with Crippen LogP contribution in [0.25, 0.3) is 10.8 Å². The number of benzene rings is 2. The average Bonchev–Trinajstić information content (AvgIpc) is 2.44. The number of aryl methyl sites for hydroxylation is 1. The molecule has 0 spiro atoms. The van der Waals surface area contributed by atoms with Crippen molar-refractivity contribution in [3.63, 3.8) is 0 Å². The van der Waals surface area contributed by atoms with E-state index in [0.717, 1.165) is 12.8 Å². The molecule has 21 heavy (non-hydrogen) atoms. The molecule has 0 radical (unpaired) electrons. The third-order valence-electron chi connectivity index (χ3n) is 3.38. The molecule has 0 heterocycles. The molecule has 1 amide bonds. The molecule has 0 saturated carbocycles. The quantitative estimate of drug-likeness (QED) is 0.862. The fraction of sp³-hybridized carbons (Fsp3) is 0.353. The van der Waals surface area contributed by atoms with Crippen LogP contribution in [0.3, 0.4) is 0 Å². The highest BCUT2D eigenvalue weighted by molar-refractivity contribution is 5.85. The van der Waals surface area contributed by atoms with Crippen LogP contribution in [0.15, 0.2) is 42.5 Å². The van der Waals surface area contributed by atoms with E-state index in [4.69, 9.17) is 5.73 Å². The van der Waals surface area contributed by atoms with Crippen LogP contribution >= 0.6 is 12.4 Å². The zero-order valence-corrected chi connectivity index (χ0v) is 13.2. The van der Waals surface area contributed by atoms with Gasteiger partial charge in [0.25, 0.3) is 0 Å². The van der Waals surface area contributed by atoms with Crippen LogP contribution in [-0.4, -0.2) is 18.5 Å². The molecular weight excluding hydrogens is 284 g/mol. The van der Waals surface area contributed by atoms with E-state index in [9.17, 15) is 4.79 Å². The van der Waals surface area contributed by atoms with Crippen molar-refractivity contribution < 1.29 is 4.79 Å². The monoisotopic (exact) mass is 306 g/mol. The topological polar surface area (TPSA) is 55.1 Å². The number of nitrogens with one attached hydrogen (secondary N) is 1. The Kier molecular flexibility index (Phi) is 7.20. The zero-order chi connectivity index (χ0) is 14.4. The second-order valence-corrected chi connectivity index (χ2v) is 5.30.